The summed E-state index contributed by atoms with van der Waals surface area (Å²) in [6, 6.07) is 6.96. The Hall–Kier alpha value is -2.02. The van der Waals surface area contributed by atoms with Crippen LogP contribution in [0.1, 0.15) is 25.0 Å². The summed E-state index contributed by atoms with van der Waals surface area (Å²) in [5.74, 6) is 0.895. The minimum absolute atomic E-state index is 0.0492. The van der Waals surface area contributed by atoms with Crippen LogP contribution in [0, 0.1) is 22.7 Å². The second-order valence-corrected chi connectivity index (χ2v) is 3.94. The second kappa shape index (κ2) is 5.17. The Morgan fingerprint density at radius 2 is 2.25 bits per heavy atom. The van der Waals surface area contributed by atoms with Gasteiger partial charge in [0.15, 0.2) is 0 Å². The summed E-state index contributed by atoms with van der Waals surface area (Å²) in [6.07, 6.45) is 0. The molecule has 0 saturated heterocycles. The van der Waals surface area contributed by atoms with Crippen LogP contribution in [0.4, 0.5) is 0 Å². The third-order valence-corrected chi connectivity index (χ3v) is 1.98. The Morgan fingerprint density at radius 3 is 2.75 bits per heavy atom. The lowest BCUT2D eigenvalue weighted by molar-refractivity contribution is 0.270. The molecule has 4 nitrogen and oxygen atoms in total. The van der Waals surface area contributed by atoms with Crippen molar-refractivity contribution in [2.24, 2.45) is 11.7 Å². The molecular formula is C12H15N3O. The van der Waals surface area contributed by atoms with Crippen LogP contribution in [-0.4, -0.2) is 12.4 Å². The molecule has 0 saturated carbocycles. The maximum absolute atomic E-state index is 8.95. The molecule has 1 rings (SSSR count). The second-order valence-electron chi connectivity index (χ2n) is 3.94. The van der Waals surface area contributed by atoms with E-state index in [1.807, 2.05) is 19.9 Å². The van der Waals surface area contributed by atoms with Gasteiger partial charge in [-0.2, -0.15) is 5.26 Å². The molecule has 0 aliphatic carbocycles. The van der Waals surface area contributed by atoms with Crippen LogP contribution in [-0.2, 0) is 0 Å². The molecule has 0 radical (unpaired) electrons. The quantitative estimate of drug-likeness (QED) is 0.596. The van der Waals surface area contributed by atoms with Gasteiger partial charge in [0.2, 0.25) is 0 Å². The van der Waals surface area contributed by atoms with Gasteiger partial charge in [0.05, 0.1) is 12.2 Å². The van der Waals surface area contributed by atoms with E-state index < -0.39 is 0 Å². The van der Waals surface area contributed by atoms with Gasteiger partial charge in [0.25, 0.3) is 0 Å². The van der Waals surface area contributed by atoms with Crippen molar-refractivity contribution >= 4 is 5.84 Å². The average Bonchev–Trinajstić information content (AvgIpc) is 2.25. The van der Waals surface area contributed by atoms with Crippen molar-refractivity contribution in [2.45, 2.75) is 13.8 Å². The van der Waals surface area contributed by atoms with Gasteiger partial charge in [0, 0.05) is 5.56 Å². The highest BCUT2D eigenvalue weighted by atomic mass is 16.5. The van der Waals surface area contributed by atoms with Crippen LogP contribution in [0.5, 0.6) is 5.75 Å². The van der Waals surface area contributed by atoms with Crippen LogP contribution in [0.15, 0.2) is 18.2 Å². The maximum Gasteiger partial charge on any atom is 0.137 e. The molecular weight excluding hydrogens is 202 g/mol. The molecule has 0 aliphatic rings. The number of ether oxygens (including phenoxy) is 1. The fraction of sp³-hybridized carbons (Fsp3) is 0.333. The van der Waals surface area contributed by atoms with Gasteiger partial charge in [-0.25, -0.2) is 0 Å². The molecule has 1 aromatic carbocycles. The first-order valence-corrected chi connectivity index (χ1v) is 5.06. The fourth-order valence-corrected chi connectivity index (χ4v) is 1.17. The molecule has 0 aromatic heterocycles. The molecule has 3 N–H and O–H groups in total. The monoisotopic (exact) mass is 217 g/mol. The van der Waals surface area contributed by atoms with Gasteiger partial charge < -0.3 is 10.5 Å². The van der Waals surface area contributed by atoms with Crippen molar-refractivity contribution in [1.29, 1.82) is 10.7 Å². The summed E-state index contributed by atoms with van der Waals surface area (Å²) in [6.45, 7) is 4.64. The first kappa shape index (κ1) is 12.1. The smallest absolute Gasteiger partial charge is 0.137 e. The normalized spacial score (nSPS) is 9.88. The van der Waals surface area contributed by atoms with Crippen LogP contribution < -0.4 is 10.5 Å². The van der Waals surface area contributed by atoms with E-state index in [1.165, 1.54) is 0 Å². The molecule has 4 heteroatoms. The molecule has 0 heterocycles. The SMILES string of the molecule is CC(C)COc1ccc(C(=N)N)cc1C#N. The van der Waals surface area contributed by atoms with Crippen molar-refractivity contribution in [3.05, 3.63) is 29.3 Å². The van der Waals surface area contributed by atoms with Gasteiger partial charge in [-0.05, 0) is 24.1 Å². The van der Waals surface area contributed by atoms with E-state index in [-0.39, 0.29) is 5.84 Å². The van der Waals surface area contributed by atoms with Gasteiger partial charge in [-0.3, -0.25) is 5.41 Å². The number of hydrogen-bond acceptors (Lipinski definition) is 3. The van der Waals surface area contributed by atoms with Crippen LogP contribution in [0.2, 0.25) is 0 Å². The number of benzene rings is 1. The summed E-state index contributed by atoms with van der Waals surface area (Å²) in [5.41, 5.74) is 6.29. The lowest BCUT2D eigenvalue weighted by Gasteiger charge is -2.10. The van der Waals surface area contributed by atoms with Crippen molar-refractivity contribution in [3.8, 4) is 11.8 Å². The lowest BCUT2D eigenvalue weighted by atomic mass is 10.1. The van der Waals surface area contributed by atoms with Crippen molar-refractivity contribution in [3.63, 3.8) is 0 Å². The van der Waals surface area contributed by atoms with Crippen LogP contribution in [0.25, 0.3) is 0 Å². The van der Waals surface area contributed by atoms with Gasteiger partial charge >= 0.3 is 0 Å². The number of nitrogens with two attached hydrogens (primary N) is 1. The third kappa shape index (κ3) is 2.99. The Balaban J connectivity index is 2.94. The Morgan fingerprint density at radius 1 is 1.56 bits per heavy atom. The number of nitriles is 1. The maximum atomic E-state index is 8.95. The van der Waals surface area contributed by atoms with Gasteiger partial charge in [0.1, 0.15) is 17.7 Å². The van der Waals surface area contributed by atoms with Crippen molar-refractivity contribution in [1.82, 2.24) is 0 Å². The standard InChI is InChI=1S/C12H15N3O/c1-8(2)7-16-11-4-3-9(12(14)15)5-10(11)6-13/h3-5,8H,7H2,1-2H3,(H3,14,15). The zero-order chi connectivity index (χ0) is 12.1. The molecule has 0 spiro atoms. The number of nitrogen functional groups attached to an aromatic ring is 1. The van der Waals surface area contributed by atoms with Gasteiger partial charge in [-0.1, -0.05) is 13.8 Å². The van der Waals surface area contributed by atoms with E-state index in [0.717, 1.165) is 0 Å². The minimum atomic E-state index is -0.0492. The third-order valence-electron chi connectivity index (χ3n) is 1.98. The molecule has 0 amide bonds. The molecule has 1 aromatic rings. The van der Waals surface area contributed by atoms with Gasteiger partial charge in [-0.15, -0.1) is 0 Å². The number of nitrogens with one attached hydrogen (secondary N) is 1. The van der Waals surface area contributed by atoms with E-state index in [2.05, 4.69) is 0 Å². The highest BCUT2D eigenvalue weighted by molar-refractivity contribution is 5.95. The number of hydrogen-bond donors (Lipinski definition) is 2. The van der Waals surface area contributed by atoms with Crippen LogP contribution >= 0.6 is 0 Å². The zero-order valence-electron chi connectivity index (χ0n) is 9.45. The van der Waals surface area contributed by atoms with E-state index in [1.54, 1.807) is 18.2 Å². The summed E-state index contributed by atoms with van der Waals surface area (Å²) >= 11 is 0. The summed E-state index contributed by atoms with van der Waals surface area (Å²) in [5, 5.41) is 16.2. The minimum Gasteiger partial charge on any atom is -0.492 e. The summed E-state index contributed by atoms with van der Waals surface area (Å²) in [4.78, 5) is 0. The highest BCUT2D eigenvalue weighted by Crippen LogP contribution is 2.19. The largest absolute Gasteiger partial charge is 0.492 e. The van der Waals surface area contributed by atoms with Crippen molar-refractivity contribution < 1.29 is 4.74 Å². The zero-order valence-corrected chi connectivity index (χ0v) is 9.45. The first-order chi connectivity index (χ1) is 7.54. The lowest BCUT2D eigenvalue weighted by Crippen LogP contribution is -2.12. The van der Waals surface area contributed by atoms with Crippen LogP contribution in [0.3, 0.4) is 0 Å². The summed E-state index contributed by atoms with van der Waals surface area (Å²) < 4.78 is 5.49. The first-order valence-electron chi connectivity index (χ1n) is 5.06. The number of nitrogens with zero attached hydrogens (tertiary/aromatic N) is 1. The fourth-order valence-electron chi connectivity index (χ4n) is 1.17. The molecule has 0 unspecified atom stereocenters. The molecule has 16 heavy (non-hydrogen) atoms. The predicted molar refractivity (Wildman–Crippen MR) is 62.5 cm³/mol. The molecule has 0 bridgehead atoms. The topological polar surface area (TPSA) is 82.9 Å². The van der Waals surface area contributed by atoms with E-state index >= 15 is 0 Å². The molecule has 0 fully saturated rings. The summed E-state index contributed by atoms with van der Waals surface area (Å²) in [7, 11) is 0. The predicted octanol–water partition coefficient (Wildman–Crippen LogP) is 1.88. The Kier molecular flexibility index (Phi) is 3.90. The molecule has 0 aliphatic heterocycles. The number of amidine groups is 1. The van der Waals surface area contributed by atoms with E-state index in [0.29, 0.717) is 29.4 Å². The van der Waals surface area contributed by atoms with E-state index in [9.17, 15) is 0 Å². The highest BCUT2D eigenvalue weighted by Gasteiger charge is 2.07. The average molecular weight is 217 g/mol. The van der Waals surface area contributed by atoms with Crippen molar-refractivity contribution in [2.75, 3.05) is 6.61 Å². The number of rotatable bonds is 4. The molecule has 84 valence electrons. The Labute approximate surface area is 95.2 Å². The Bertz CT molecular complexity index is 432. The molecule has 0 atom stereocenters. The van der Waals surface area contributed by atoms with E-state index in [4.69, 9.17) is 21.1 Å².